The van der Waals surface area contributed by atoms with Gasteiger partial charge in [0.2, 0.25) is 5.91 Å². The van der Waals surface area contributed by atoms with Gasteiger partial charge in [-0.3, -0.25) is 4.79 Å². The van der Waals surface area contributed by atoms with Crippen LogP contribution >= 0.6 is 0 Å². The summed E-state index contributed by atoms with van der Waals surface area (Å²) in [6.07, 6.45) is 2.18. The Morgan fingerprint density at radius 2 is 1.43 bits per heavy atom. The fourth-order valence-electron chi connectivity index (χ4n) is 3.80. The van der Waals surface area contributed by atoms with E-state index in [1.165, 1.54) is 6.07 Å². The first-order valence-corrected chi connectivity index (χ1v) is 9.67. The van der Waals surface area contributed by atoms with Crippen LogP contribution in [0.1, 0.15) is 29.9 Å². The Kier molecular flexibility index (Phi) is 5.38. The molecule has 3 aromatic rings. The summed E-state index contributed by atoms with van der Waals surface area (Å²) in [6, 6.07) is 24.2. The van der Waals surface area contributed by atoms with Gasteiger partial charge in [-0.25, -0.2) is 4.39 Å². The van der Waals surface area contributed by atoms with Crippen molar-refractivity contribution in [2.75, 3.05) is 23.3 Å². The van der Waals surface area contributed by atoms with E-state index in [1.807, 2.05) is 60.7 Å². The molecule has 4 heteroatoms. The van der Waals surface area contributed by atoms with Crippen molar-refractivity contribution in [3.05, 3.63) is 95.8 Å². The number of rotatable bonds is 5. The Balaban J connectivity index is 1.59. The monoisotopic (exact) mass is 374 g/mol. The second-order valence-electron chi connectivity index (χ2n) is 7.10. The molecule has 0 unspecified atom stereocenters. The van der Waals surface area contributed by atoms with Gasteiger partial charge in [0, 0.05) is 18.8 Å². The first-order valence-electron chi connectivity index (χ1n) is 9.67. The fraction of sp³-hybridized carbons (Fsp3) is 0.208. The van der Waals surface area contributed by atoms with Crippen molar-refractivity contribution in [1.82, 2.24) is 0 Å². The molecule has 1 aliphatic heterocycles. The molecule has 0 bridgehead atoms. The number of hydrogen-bond acceptors (Lipinski definition) is 2. The number of halogens is 1. The summed E-state index contributed by atoms with van der Waals surface area (Å²) in [4.78, 5) is 15.2. The third kappa shape index (κ3) is 3.91. The van der Waals surface area contributed by atoms with Gasteiger partial charge in [-0.2, -0.15) is 0 Å². The lowest BCUT2D eigenvalue weighted by Crippen LogP contribution is -2.23. The average Bonchev–Trinajstić information content (AvgIpc) is 3.24. The summed E-state index contributed by atoms with van der Waals surface area (Å²) in [5, 5.41) is 2.90. The molecule has 1 amide bonds. The van der Waals surface area contributed by atoms with Crippen molar-refractivity contribution in [3.63, 3.8) is 0 Å². The minimum Gasteiger partial charge on any atom is -0.369 e. The van der Waals surface area contributed by atoms with E-state index in [0.29, 0.717) is 11.4 Å². The van der Waals surface area contributed by atoms with Crippen molar-refractivity contribution in [1.29, 1.82) is 0 Å². The Bertz CT molecular complexity index is 898. The van der Waals surface area contributed by atoms with Crippen LogP contribution in [0.4, 0.5) is 15.8 Å². The lowest BCUT2D eigenvalue weighted by molar-refractivity contribution is -0.116. The number of amides is 1. The molecule has 0 spiro atoms. The van der Waals surface area contributed by atoms with Crippen LogP contribution in [0.2, 0.25) is 0 Å². The number of benzene rings is 3. The highest BCUT2D eigenvalue weighted by molar-refractivity contribution is 5.98. The largest absolute Gasteiger partial charge is 0.369 e. The molecule has 0 saturated carbocycles. The number of nitrogens with one attached hydrogen (secondary N) is 1. The van der Waals surface area contributed by atoms with E-state index >= 15 is 0 Å². The molecule has 1 heterocycles. The van der Waals surface area contributed by atoms with Gasteiger partial charge in [0.25, 0.3) is 0 Å². The molecule has 3 nitrogen and oxygen atoms in total. The molecule has 3 aromatic carbocycles. The van der Waals surface area contributed by atoms with Crippen LogP contribution in [0.25, 0.3) is 0 Å². The molecular formula is C24H23FN2O. The highest BCUT2D eigenvalue weighted by Crippen LogP contribution is 2.29. The van der Waals surface area contributed by atoms with Crippen LogP contribution in [0.15, 0.2) is 78.9 Å². The summed E-state index contributed by atoms with van der Waals surface area (Å²) in [5.41, 5.74) is 2.89. The van der Waals surface area contributed by atoms with E-state index in [9.17, 15) is 9.18 Å². The highest BCUT2D eigenvalue weighted by atomic mass is 19.1. The zero-order valence-electron chi connectivity index (χ0n) is 15.6. The molecule has 0 radical (unpaired) electrons. The van der Waals surface area contributed by atoms with E-state index < -0.39 is 5.92 Å². The van der Waals surface area contributed by atoms with Gasteiger partial charge in [-0.1, -0.05) is 60.7 Å². The summed E-state index contributed by atoms with van der Waals surface area (Å²) in [5.74, 6) is -0.926. The normalized spacial score (nSPS) is 13.7. The average molecular weight is 374 g/mol. The van der Waals surface area contributed by atoms with Crippen LogP contribution < -0.4 is 10.2 Å². The molecule has 0 atom stereocenters. The molecule has 0 aromatic heterocycles. The molecule has 4 rings (SSSR count). The minimum atomic E-state index is -0.455. The van der Waals surface area contributed by atoms with Crippen LogP contribution in [0, 0.1) is 5.82 Å². The maximum Gasteiger partial charge on any atom is 0.236 e. The van der Waals surface area contributed by atoms with Gasteiger partial charge in [-0.05, 0) is 42.2 Å². The van der Waals surface area contributed by atoms with Crippen LogP contribution in [-0.2, 0) is 4.79 Å². The number of carbonyl (C=O) groups is 1. The number of anilines is 2. The predicted molar refractivity (Wildman–Crippen MR) is 111 cm³/mol. The van der Waals surface area contributed by atoms with Gasteiger partial charge in [-0.15, -0.1) is 0 Å². The lowest BCUT2D eigenvalue weighted by atomic mass is 9.90. The van der Waals surface area contributed by atoms with Crippen LogP contribution in [0.5, 0.6) is 0 Å². The Hall–Kier alpha value is -3.14. The summed E-state index contributed by atoms with van der Waals surface area (Å²) >= 11 is 0. The zero-order valence-corrected chi connectivity index (χ0v) is 15.6. The summed E-state index contributed by atoms with van der Waals surface area (Å²) in [7, 11) is 0. The second kappa shape index (κ2) is 8.26. The van der Waals surface area contributed by atoms with Gasteiger partial charge in [0.05, 0.1) is 11.6 Å². The maximum absolute atomic E-state index is 14.6. The summed E-state index contributed by atoms with van der Waals surface area (Å²) < 4.78 is 14.6. The first kappa shape index (κ1) is 18.2. The Morgan fingerprint density at radius 3 is 1.96 bits per heavy atom. The molecule has 28 heavy (non-hydrogen) atoms. The molecule has 1 N–H and O–H groups in total. The SMILES string of the molecule is O=C(Nc1ccc(N2CCCC2)c(F)c1)C(c1ccccc1)c1ccccc1. The lowest BCUT2D eigenvalue weighted by Gasteiger charge is -2.20. The van der Waals surface area contributed by atoms with Crippen LogP contribution in [0.3, 0.4) is 0 Å². The first-order chi connectivity index (χ1) is 13.7. The fourth-order valence-corrected chi connectivity index (χ4v) is 3.80. The predicted octanol–water partition coefficient (Wildman–Crippen LogP) is 5.20. The maximum atomic E-state index is 14.6. The Morgan fingerprint density at radius 1 is 0.857 bits per heavy atom. The van der Waals surface area contributed by atoms with Gasteiger partial charge >= 0.3 is 0 Å². The number of nitrogens with zero attached hydrogens (tertiary/aromatic N) is 1. The topological polar surface area (TPSA) is 32.3 Å². The molecule has 1 aliphatic rings. The highest BCUT2D eigenvalue weighted by Gasteiger charge is 2.23. The molecule has 1 fully saturated rings. The zero-order chi connectivity index (χ0) is 19.3. The van der Waals surface area contributed by atoms with Gasteiger partial charge < -0.3 is 10.2 Å². The van der Waals surface area contributed by atoms with E-state index in [1.54, 1.807) is 12.1 Å². The minimum absolute atomic E-state index is 0.175. The molecular weight excluding hydrogens is 351 g/mol. The molecule has 1 saturated heterocycles. The standard InChI is InChI=1S/C24H23FN2O/c25-21-17-20(13-14-22(21)27-15-7-8-16-27)26-24(28)23(18-9-3-1-4-10-18)19-11-5-2-6-12-19/h1-6,9-14,17,23H,7-8,15-16H2,(H,26,28). The van der Waals surface area contributed by atoms with E-state index in [4.69, 9.17) is 0 Å². The van der Waals surface area contributed by atoms with Crippen molar-refractivity contribution < 1.29 is 9.18 Å². The van der Waals surface area contributed by atoms with E-state index in [-0.39, 0.29) is 11.7 Å². The van der Waals surface area contributed by atoms with Gasteiger partial charge in [0.15, 0.2) is 0 Å². The molecule has 0 aliphatic carbocycles. The van der Waals surface area contributed by atoms with Crippen molar-refractivity contribution >= 4 is 17.3 Å². The third-order valence-corrected chi connectivity index (χ3v) is 5.19. The van der Waals surface area contributed by atoms with Crippen molar-refractivity contribution in [2.45, 2.75) is 18.8 Å². The number of hydrogen-bond donors (Lipinski definition) is 1. The molecule has 142 valence electrons. The second-order valence-corrected chi connectivity index (χ2v) is 7.10. The third-order valence-electron chi connectivity index (χ3n) is 5.19. The van der Waals surface area contributed by atoms with Gasteiger partial charge in [0.1, 0.15) is 5.82 Å². The summed E-state index contributed by atoms with van der Waals surface area (Å²) in [6.45, 7) is 1.76. The smallest absolute Gasteiger partial charge is 0.236 e. The van der Waals surface area contributed by atoms with E-state index in [0.717, 1.165) is 37.1 Å². The number of carbonyl (C=O) groups excluding carboxylic acids is 1. The quantitative estimate of drug-likeness (QED) is 0.666. The van der Waals surface area contributed by atoms with Crippen molar-refractivity contribution in [3.8, 4) is 0 Å². The van der Waals surface area contributed by atoms with Crippen LogP contribution in [-0.4, -0.2) is 19.0 Å². The van der Waals surface area contributed by atoms with E-state index in [2.05, 4.69) is 10.2 Å². The van der Waals surface area contributed by atoms with Crippen molar-refractivity contribution in [2.24, 2.45) is 0 Å². The Labute approximate surface area is 164 Å².